The summed E-state index contributed by atoms with van der Waals surface area (Å²) in [6.07, 6.45) is 3.48. The van der Waals surface area contributed by atoms with Crippen molar-refractivity contribution in [3.05, 3.63) is 45.3 Å². The van der Waals surface area contributed by atoms with Crippen LogP contribution in [0.4, 0.5) is 20.5 Å². The number of oxime groups is 1. The molecule has 12 heteroatoms. The van der Waals surface area contributed by atoms with E-state index in [1.54, 1.807) is 12.4 Å². The molecule has 0 aliphatic carbocycles. The number of aromatic nitrogens is 4. The number of hydrogen-bond donors (Lipinski definition) is 2. The summed E-state index contributed by atoms with van der Waals surface area (Å²) in [4.78, 5) is 22.5. The monoisotopic (exact) mass is 421 g/mol. The van der Waals surface area contributed by atoms with Crippen LogP contribution in [0.2, 0.25) is 0 Å². The molecule has 0 atom stereocenters. The van der Waals surface area contributed by atoms with Crippen molar-refractivity contribution in [3.63, 3.8) is 0 Å². The molecular weight excluding hydrogens is 410 g/mol. The van der Waals surface area contributed by atoms with Gasteiger partial charge in [-0.1, -0.05) is 5.16 Å². The van der Waals surface area contributed by atoms with Crippen LogP contribution in [0.25, 0.3) is 0 Å². The van der Waals surface area contributed by atoms with E-state index in [1.165, 1.54) is 52.5 Å². The van der Waals surface area contributed by atoms with E-state index in [0.717, 1.165) is 20.5 Å². The number of anilines is 4. The minimum absolute atomic E-state index is 0.569. The topological polar surface area (TPSA) is 97.2 Å². The number of thiazole rings is 4. The van der Waals surface area contributed by atoms with Crippen LogP contribution in [0.5, 0.6) is 0 Å². The molecule has 0 aliphatic heterocycles. The Kier molecular flexibility index (Phi) is 5.15. The van der Waals surface area contributed by atoms with Gasteiger partial charge in [-0.25, -0.2) is 19.9 Å². The molecule has 0 radical (unpaired) electrons. The first-order chi connectivity index (χ1) is 12.8. The molecule has 132 valence electrons. The van der Waals surface area contributed by atoms with E-state index in [2.05, 4.69) is 35.7 Å². The van der Waals surface area contributed by atoms with Gasteiger partial charge in [-0.15, -0.1) is 45.3 Å². The lowest BCUT2D eigenvalue weighted by Crippen LogP contribution is -2.06. The van der Waals surface area contributed by atoms with Gasteiger partial charge in [-0.2, -0.15) is 0 Å². The van der Waals surface area contributed by atoms with Gasteiger partial charge in [-0.3, -0.25) is 0 Å². The van der Waals surface area contributed by atoms with Crippen LogP contribution in [-0.4, -0.2) is 32.8 Å². The Morgan fingerprint density at radius 1 is 0.846 bits per heavy atom. The van der Waals surface area contributed by atoms with Crippen molar-refractivity contribution >= 4 is 71.6 Å². The molecule has 4 aromatic heterocycles. The standard InChI is InChI=1S/C14H11N7OS4/c1-22-21-10(8-6-25-13(17-8)19-11-15-2-4-23-11)9-7-26-14(18-9)20-12-16-3-5-24-12/h2-7H,1H3,(H,15,17,19)(H,16,18,20). The van der Waals surface area contributed by atoms with Crippen LogP contribution in [-0.2, 0) is 4.84 Å². The summed E-state index contributed by atoms with van der Waals surface area (Å²) in [5, 5.41) is 21.1. The SMILES string of the molecule is CON=C(c1csc(Nc2nccs2)n1)c1csc(Nc2nccs2)n1. The number of nitrogens with zero attached hydrogens (tertiary/aromatic N) is 5. The molecule has 0 saturated carbocycles. The Balaban J connectivity index is 1.55. The fraction of sp³-hybridized carbons (Fsp3) is 0.0714. The Labute approximate surface area is 164 Å². The van der Waals surface area contributed by atoms with E-state index in [1.807, 2.05) is 21.5 Å². The van der Waals surface area contributed by atoms with Crippen molar-refractivity contribution in [2.24, 2.45) is 5.16 Å². The van der Waals surface area contributed by atoms with E-state index < -0.39 is 0 Å². The molecule has 0 aromatic carbocycles. The first kappa shape index (κ1) is 17.0. The molecule has 26 heavy (non-hydrogen) atoms. The molecule has 8 nitrogen and oxygen atoms in total. The molecule has 4 aromatic rings. The summed E-state index contributed by atoms with van der Waals surface area (Å²) in [6.45, 7) is 0. The maximum absolute atomic E-state index is 5.00. The third-order valence-electron chi connectivity index (χ3n) is 2.97. The van der Waals surface area contributed by atoms with Gasteiger partial charge in [0.2, 0.25) is 0 Å². The van der Waals surface area contributed by atoms with Crippen molar-refractivity contribution in [2.75, 3.05) is 17.7 Å². The van der Waals surface area contributed by atoms with Gasteiger partial charge in [0.15, 0.2) is 26.2 Å². The van der Waals surface area contributed by atoms with Crippen molar-refractivity contribution in [2.45, 2.75) is 0 Å². The molecule has 0 saturated heterocycles. The van der Waals surface area contributed by atoms with E-state index in [9.17, 15) is 0 Å². The summed E-state index contributed by atoms with van der Waals surface area (Å²) >= 11 is 5.96. The van der Waals surface area contributed by atoms with Crippen molar-refractivity contribution in [1.82, 2.24) is 19.9 Å². The number of nitrogens with one attached hydrogen (secondary N) is 2. The molecule has 4 rings (SSSR count). The summed E-state index contributed by atoms with van der Waals surface area (Å²) in [5.41, 5.74) is 1.93. The van der Waals surface area contributed by atoms with Gasteiger partial charge < -0.3 is 15.5 Å². The van der Waals surface area contributed by atoms with E-state index >= 15 is 0 Å². The van der Waals surface area contributed by atoms with Gasteiger partial charge >= 0.3 is 0 Å². The third-order valence-corrected chi connectivity index (χ3v) is 5.86. The minimum atomic E-state index is 0.569. The largest absolute Gasteiger partial charge is 0.399 e. The fourth-order valence-corrected chi connectivity index (χ4v) is 4.52. The van der Waals surface area contributed by atoms with Crippen LogP contribution >= 0.6 is 45.3 Å². The molecule has 0 aliphatic rings. The quantitative estimate of drug-likeness (QED) is 0.337. The zero-order valence-corrected chi connectivity index (χ0v) is 16.5. The second-order valence-corrected chi connectivity index (χ2v) is 8.13. The van der Waals surface area contributed by atoms with E-state index in [-0.39, 0.29) is 0 Å². The second-order valence-electron chi connectivity index (χ2n) is 4.62. The second kappa shape index (κ2) is 7.86. The average molecular weight is 422 g/mol. The Morgan fingerprint density at radius 3 is 1.81 bits per heavy atom. The third kappa shape index (κ3) is 3.88. The lowest BCUT2D eigenvalue weighted by atomic mass is 10.2. The lowest BCUT2D eigenvalue weighted by molar-refractivity contribution is 0.214. The van der Waals surface area contributed by atoms with Crippen molar-refractivity contribution < 1.29 is 4.84 Å². The van der Waals surface area contributed by atoms with Crippen molar-refractivity contribution in [3.8, 4) is 0 Å². The van der Waals surface area contributed by atoms with Gasteiger partial charge in [0.05, 0.1) is 0 Å². The van der Waals surface area contributed by atoms with E-state index in [0.29, 0.717) is 17.1 Å². The Bertz CT molecular complexity index is 914. The molecule has 0 bridgehead atoms. The lowest BCUT2D eigenvalue weighted by Gasteiger charge is -1.99. The fourth-order valence-electron chi connectivity index (χ4n) is 1.95. The summed E-state index contributed by atoms with van der Waals surface area (Å²) in [5.74, 6) is 0. The maximum Gasteiger partial charge on any atom is 0.189 e. The van der Waals surface area contributed by atoms with Crippen LogP contribution in [0.1, 0.15) is 11.4 Å². The number of rotatable bonds is 7. The smallest absolute Gasteiger partial charge is 0.189 e. The zero-order chi connectivity index (χ0) is 17.8. The average Bonchev–Trinajstić information content (AvgIpc) is 3.43. The predicted octanol–water partition coefficient (Wildman–Crippen LogP) is 4.40. The molecular formula is C14H11N7OS4. The normalized spacial score (nSPS) is 10.5. The van der Waals surface area contributed by atoms with Crippen molar-refractivity contribution in [1.29, 1.82) is 0 Å². The van der Waals surface area contributed by atoms with Gasteiger partial charge in [0, 0.05) is 33.9 Å². The summed E-state index contributed by atoms with van der Waals surface area (Å²) in [7, 11) is 1.50. The number of hydrogen-bond acceptors (Lipinski definition) is 12. The molecule has 2 N–H and O–H groups in total. The van der Waals surface area contributed by atoms with Crippen LogP contribution < -0.4 is 10.6 Å². The molecule has 0 spiro atoms. The molecule has 0 unspecified atom stereocenters. The summed E-state index contributed by atoms with van der Waals surface area (Å²) in [6, 6.07) is 0. The molecule has 0 amide bonds. The highest BCUT2D eigenvalue weighted by atomic mass is 32.1. The maximum atomic E-state index is 5.00. The Morgan fingerprint density at radius 2 is 1.38 bits per heavy atom. The van der Waals surface area contributed by atoms with Gasteiger partial charge in [0.25, 0.3) is 0 Å². The first-order valence-electron chi connectivity index (χ1n) is 7.18. The highest BCUT2D eigenvalue weighted by Gasteiger charge is 2.17. The minimum Gasteiger partial charge on any atom is -0.399 e. The van der Waals surface area contributed by atoms with Crippen LogP contribution in [0, 0.1) is 0 Å². The van der Waals surface area contributed by atoms with Gasteiger partial charge in [-0.05, 0) is 0 Å². The van der Waals surface area contributed by atoms with Gasteiger partial charge in [0.1, 0.15) is 18.5 Å². The highest BCUT2D eigenvalue weighted by molar-refractivity contribution is 7.16. The first-order valence-corrected chi connectivity index (χ1v) is 10.7. The molecule has 0 fully saturated rings. The Hall–Kier alpha value is -2.41. The van der Waals surface area contributed by atoms with Crippen LogP contribution in [0.15, 0.2) is 39.1 Å². The highest BCUT2D eigenvalue weighted by Crippen LogP contribution is 2.26. The molecule has 4 heterocycles. The predicted molar refractivity (Wildman–Crippen MR) is 108 cm³/mol. The van der Waals surface area contributed by atoms with Crippen LogP contribution in [0.3, 0.4) is 0 Å². The zero-order valence-electron chi connectivity index (χ0n) is 13.2. The summed E-state index contributed by atoms with van der Waals surface area (Å²) < 4.78 is 0. The van der Waals surface area contributed by atoms with E-state index in [4.69, 9.17) is 4.84 Å².